The van der Waals surface area contributed by atoms with Crippen LogP contribution in [-0.4, -0.2) is 31.7 Å². The molecule has 1 atom stereocenters. The Morgan fingerprint density at radius 3 is 2.39 bits per heavy atom. The van der Waals surface area contributed by atoms with Crippen molar-refractivity contribution in [2.75, 3.05) is 20.2 Å². The van der Waals surface area contributed by atoms with Crippen molar-refractivity contribution < 1.29 is 9.53 Å². The molecule has 0 saturated heterocycles. The average Bonchev–Trinajstić information content (AvgIpc) is 2.31. The van der Waals surface area contributed by atoms with Crippen LogP contribution in [0.1, 0.15) is 47.0 Å². The summed E-state index contributed by atoms with van der Waals surface area (Å²) >= 11 is 0. The van der Waals surface area contributed by atoms with Gasteiger partial charge in [-0.15, -0.1) is 0 Å². The topological polar surface area (TPSA) is 64.3 Å². The molecule has 0 aliphatic rings. The molecule has 0 heterocycles. The Kier molecular flexibility index (Phi) is 8.20. The third kappa shape index (κ3) is 7.67. The van der Waals surface area contributed by atoms with Crippen molar-refractivity contribution in [1.82, 2.24) is 5.32 Å². The Morgan fingerprint density at radius 2 is 1.94 bits per heavy atom. The van der Waals surface area contributed by atoms with Gasteiger partial charge in [0.2, 0.25) is 5.91 Å². The summed E-state index contributed by atoms with van der Waals surface area (Å²) in [6.45, 7) is 9.53. The van der Waals surface area contributed by atoms with Crippen molar-refractivity contribution in [1.29, 1.82) is 0 Å². The zero-order valence-electron chi connectivity index (χ0n) is 12.6. The summed E-state index contributed by atoms with van der Waals surface area (Å²) in [5.74, 6) is 1.22. The van der Waals surface area contributed by atoms with Gasteiger partial charge in [0.05, 0.1) is 5.60 Å². The van der Waals surface area contributed by atoms with E-state index in [9.17, 15) is 4.79 Å². The number of rotatable bonds is 9. The molecule has 0 aromatic carbocycles. The lowest BCUT2D eigenvalue weighted by Gasteiger charge is -2.24. The lowest BCUT2D eigenvalue weighted by Crippen LogP contribution is -2.39. The second-order valence-electron chi connectivity index (χ2n) is 5.86. The monoisotopic (exact) mass is 258 g/mol. The molecular weight excluding hydrogens is 228 g/mol. The molecule has 0 rings (SSSR count). The molecule has 3 N–H and O–H groups in total. The molecule has 1 unspecified atom stereocenters. The summed E-state index contributed by atoms with van der Waals surface area (Å²) in [4.78, 5) is 11.7. The second kappa shape index (κ2) is 8.48. The molecule has 0 saturated carbocycles. The zero-order valence-corrected chi connectivity index (χ0v) is 12.6. The van der Waals surface area contributed by atoms with Crippen LogP contribution in [0.4, 0.5) is 0 Å². The van der Waals surface area contributed by atoms with E-state index in [0.29, 0.717) is 31.3 Å². The number of carbonyl (C=O) groups excluding carboxylic acids is 1. The largest absolute Gasteiger partial charge is 0.377 e. The summed E-state index contributed by atoms with van der Waals surface area (Å²) in [5.41, 5.74) is 5.29. The highest BCUT2D eigenvalue weighted by molar-refractivity contribution is 5.75. The van der Waals surface area contributed by atoms with Crippen LogP contribution in [0.2, 0.25) is 0 Å². The highest BCUT2D eigenvalue weighted by Crippen LogP contribution is 2.20. The van der Waals surface area contributed by atoms with Crippen molar-refractivity contribution in [3.63, 3.8) is 0 Å². The van der Waals surface area contributed by atoms with Crippen LogP contribution in [0.25, 0.3) is 0 Å². The van der Waals surface area contributed by atoms with Crippen molar-refractivity contribution >= 4 is 5.91 Å². The smallest absolute Gasteiger partial charge is 0.220 e. The van der Waals surface area contributed by atoms with Crippen LogP contribution >= 0.6 is 0 Å². The number of nitrogens with two attached hydrogens (primary N) is 1. The molecule has 0 aliphatic heterocycles. The van der Waals surface area contributed by atoms with Crippen LogP contribution < -0.4 is 11.1 Å². The van der Waals surface area contributed by atoms with E-state index in [2.05, 4.69) is 19.2 Å². The molecule has 4 nitrogen and oxygen atoms in total. The first-order chi connectivity index (χ1) is 8.32. The maximum absolute atomic E-state index is 11.7. The number of ether oxygens (including phenoxy) is 1. The zero-order chi connectivity index (χ0) is 14.2. The normalized spacial score (nSPS) is 13.7. The standard InChI is InChI=1S/C14H30N2O2/c1-11(2)12(8-9-15)6-7-13(17)16-10-14(3,4)18-5/h11-12H,6-10,15H2,1-5H3,(H,16,17). The Bertz CT molecular complexity index is 240. The minimum atomic E-state index is -0.301. The molecule has 0 bridgehead atoms. The molecular formula is C14H30N2O2. The van der Waals surface area contributed by atoms with E-state index in [1.165, 1.54) is 0 Å². The van der Waals surface area contributed by atoms with Gasteiger partial charge in [0.25, 0.3) is 0 Å². The van der Waals surface area contributed by atoms with Gasteiger partial charge in [-0.2, -0.15) is 0 Å². The molecule has 18 heavy (non-hydrogen) atoms. The minimum absolute atomic E-state index is 0.0998. The predicted molar refractivity (Wildman–Crippen MR) is 75.3 cm³/mol. The van der Waals surface area contributed by atoms with Crippen molar-refractivity contribution in [3.8, 4) is 0 Å². The van der Waals surface area contributed by atoms with Gasteiger partial charge < -0.3 is 15.8 Å². The summed E-state index contributed by atoms with van der Waals surface area (Å²) in [5, 5.41) is 2.92. The van der Waals surface area contributed by atoms with Crippen molar-refractivity contribution in [3.05, 3.63) is 0 Å². The summed E-state index contributed by atoms with van der Waals surface area (Å²) in [6, 6.07) is 0. The fourth-order valence-electron chi connectivity index (χ4n) is 1.81. The van der Waals surface area contributed by atoms with Crippen LogP contribution in [0, 0.1) is 11.8 Å². The van der Waals surface area contributed by atoms with Crippen molar-refractivity contribution in [2.45, 2.75) is 52.6 Å². The molecule has 4 heteroatoms. The lowest BCUT2D eigenvalue weighted by atomic mass is 9.88. The molecule has 1 amide bonds. The quantitative estimate of drug-likeness (QED) is 0.664. The summed E-state index contributed by atoms with van der Waals surface area (Å²) in [6.07, 6.45) is 2.48. The Morgan fingerprint density at radius 1 is 1.33 bits per heavy atom. The van der Waals surface area contributed by atoms with E-state index in [1.807, 2.05) is 13.8 Å². The third-order valence-corrected chi connectivity index (χ3v) is 3.49. The maximum atomic E-state index is 11.7. The average molecular weight is 258 g/mol. The first kappa shape index (κ1) is 17.4. The van der Waals surface area contributed by atoms with Crippen LogP contribution in [-0.2, 0) is 9.53 Å². The van der Waals surface area contributed by atoms with E-state index in [1.54, 1.807) is 7.11 Å². The Balaban J connectivity index is 3.94. The summed E-state index contributed by atoms with van der Waals surface area (Å²) < 4.78 is 5.26. The highest BCUT2D eigenvalue weighted by Gasteiger charge is 2.18. The SMILES string of the molecule is COC(C)(C)CNC(=O)CCC(CCN)C(C)C. The first-order valence-corrected chi connectivity index (χ1v) is 6.84. The molecule has 0 radical (unpaired) electrons. The van der Waals surface area contributed by atoms with Gasteiger partial charge in [0.1, 0.15) is 0 Å². The number of nitrogens with one attached hydrogen (secondary N) is 1. The van der Waals surface area contributed by atoms with Gasteiger partial charge in [-0.3, -0.25) is 4.79 Å². The van der Waals surface area contributed by atoms with Crippen LogP contribution in [0.15, 0.2) is 0 Å². The fourth-order valence-corrected chi connectivity index (χ4v) is 1.81. The predicted octanol–water partition coefficient (Wildman–Crippen LogP) is 1.93. The molecule has 0 aromatic heterocycles. The lowest BCUT2D eigenvalue weighted by molar-refractivity contribution is -0.122. The molecule has 0 aliphatic carbocycles. The number of methoxy groups -OCH3 is 1. The number of hydrogen-bond donors (Lipinski definition) is 2. The third-order valence-electron chi connectivity index (χ3n) is 3.49. The molecule has 0 aromatic rings. The molecule has 0 spiro atoms. The number of hydrogen-bond acceptors (Lipinski definition) is 3. The Hall–Kier alpha value is -0.610. The second-order valence-corrected chi connectivity index (χ2v) is 5.86. The van der Waals surface area contributed by atoms with Gasteiger partial charge in [-0.05, 0) is 45.1 Å². The number of amides is 1. The van der Waals surface area contributed by atoms with E-state index in [0.717, 1.165) is 12.8 Å². The number of carbonyl (C=O) groups is 1. The van der Waals surface area contributed by atoms with Gasteiger partial charge in [-0.25, -0.2) is 0 Å². The molecule has 0 fully saturated rings. The highest BCUT2D eigenvalue weighted by atomic mass is 16.5. The van der Waals surface area contributed by atoms with Gasteiger partial charge in [0.15, 0.2) is 0 Å². The Labute approximate surface area is 112 Å². The fraction of sp³-hybridized carbons (Fsp3) is 0.929. The van der Waals surface area contributed by atoms with Gasteiger partial charge in [0, 0.05) is 20.1 Å². The van der Waals surface area contributed by atoms with E-state index < -0.39 is 0 Å². The van der Waals surface area contributed by atoms with Crippen LogP contribution in [0.3, 0.4) is 0 Å². The van der Waals surface area contributed by atoms with E-state index >= 15 is 0 Å². The van der Waals surface area contributed by atoms with Crippen LogP contribution in [0.5, 0.6) is 0 Å². The van der Waals surface area contributed by atoms with E-state index in [-0.39, 0.29) is 11.5 Å². The maximum Gasteiger partial charge on any atom is 0.220 e. The van der Waals surface area contributed by atoms with Crippen molar-refractivity contribution in [2.24, 2.45) is 17.6 Å². The first-order valence-electron chi connectivity index (χ1n) is 6.84. The minimum Gasteiger partial charge on any atom is -0.377 e. The van der Waals surface area contributed by atoms with Gasteiger partial charge in [-0.1, -0.05) is 13.8 Å². The van der Waals surface area contributed by atoms with E-state index in [4.69, 9.17) is 10.5 Å². The van der Waals surface area contributed by atoms with Gasteiger partial charge >= 0.3 is 0 Å². The molecule has 108 valence electrons. The summed E-state index contributed by atoms with van der Waals surface area (Å²) in [7, 11) is 1.65.